The Bertz CT molecular complexity index is 483. The lowest BCUT2D eigenvalue weighted by Crippen LogP contribution is -2.41. The van der Waals surface area contributed by atoms with E-state index in [-0.39, 0.29) is 12.6 Å². The quantitative estimate of drug-likeness (QED) is 0.810. The standard InChI is InChI=1S/C18H23NO/c1-15(12-16-8-4-2-5-9-16)19-18(14-20)13-17-10-6-3-7-11-17/h2-11,15,18-20H,12-14H2,1H3/t15?,18-/m0/s1. The van der Waals surface area contributed by atoms with Gasteiger partial charge in [0.1, 0.15) is 0 Å². The molecule has 0 aliphatic heterocycles. The second-order valence-corrected chi connectivity index (χ2v) is 5.33. The van der Waals surface area contributed by atoms with Crippen LogP contribution in [-0.4, -0.2) is 23.8 Å². The second-order valence-electron chi connectivity index (χ2n) is 5.33. The third-order valence-electron chi connectivity index (χ3n) is 3.45. The highest BCUT2D eigenvalue weighted by molar-refractivity contribution is 5.17. The van der Waals surface area contributed by atoms with Gasteiger partial charge in [-0.1, -0.05) is 60.7 Å². The van der Waals surface area contributed by atoms with Crippen molar-refractivity contribution in [2.24, 2.45) is 0 Å². The fourth-order valence-corrected chi connectivity index (χ4v) is 2.50. The summed E-state index contributed by atoms with van der Waals surface area (Å²) in [6, 6.07) is 21.2. The molecule has 2 nitrogen and oxygen atoms in total. The molecular weight excluding hydrogens is 246 g/mol. The van der Waals surface area contributed by atoms with Crippen LogP contribution in [0.3, 0.4) is 0 Å². The molecule has 0 aliphatic rings. The summed E-state index contributed by atoms with van der Waals surface area (Å²) in [5, 5.41) is 13.1. The number of aliphatic hydroxyl groups excluding tert-OH is 1. The molecule has 20 heavy (non-hydrogen) atoms. The van der Waals surface area contributed by atoms with Crippen LogP contribution in [0.25, 0.3) is 0 Å². The third-order valence-corrected chi connectivity index (χ3v) is 3.45. The van der Waals surface area contributed by atoms with Crippen LogP contribution in [0.15, 0.2) is 60.7 Å². The van der Waals surface area contributed by atoms with Crippen molar-refractivity contribution in [1.82, 2.24) is 5.32 Å². The molecule has 0 fully saturated rings. The average molecular weight is 269 g/mol. The number of hydrogen-bond donors (Lipinski definition) is 2. The zero-order valence-corrected chi connectivity index (χ0v) is 12.0. The summed E-state index contributed by atoms with van der Waals surface area (Å²) in [4.78, 5) is 0. The molecule has 2 heteroatoms. The van der Waals surface area contributed by atoms with Gasteiger partial charge in [0.05, 0.1) is 6.61 Å². The minimum absolute atomic E-state index is 0.108. The first-order valence-electron chi connectivity index (χ1n) is 7.22. The minimum atomic E-state index is 0.108. The van der Waals surface area contributed by atoms with E-state index in [1.807, 2.05) is 24.3 Å². The zero-order valence-electron chi connectivity index (χ0n) is 12.0. The molecular formula is C18H23NO. The van der Waals surface area contributed by atoms with E-state index in [1.54, 1.807) is 0 Å². The van der Waals surface area contributed by atoms with Gasteiger partial charge >= 0.3 is 0 Å². The highest BCUT2D eigenvalue weighted by atomic mass is 16.3. The van der Waals surface area contributed by atoms with Gasteiger partial charge in [-0.15, -0.1) is 0 Å². The summed E-state index contributed by atoms with van der Waals surface area (Å²) in [6.45, 7) is 2.33. The molecule has 0 bridgehead atoms. The predicted octanol–water partition coefficient (Wildman–Crippen LogP) is 2.81. The summed E-state index contributed by atoms with van der Waals surface area (Å²) in [7, 11) is 0. The fraction of sp³-hybridized carbons (Fsp3) is 0.333. The molecule has 2 atom stereocenters. The summed E-state index contributed by atoms with van der Waals surface area (Å²) in [6.07, 6.45) is 1.84. The molecule has 2 aromatic rings. The van der Waals surface area contributed by atoms with Crippen LogP contribution in [0.4, 0.5) is 0 Å². The lowest BCUT2D eigenvalue weighted by molar-refractivity contribution is 0.232. The van der Waals surface area contributed by atoms with Crippen LogP contribution in [0, 0.1) is 0 Å². The van der Waals surface area contributed by atoms with Crippen molar-refractivity contribution in [2.45, 2.75) is 31.8 Å². The Morgan fingerprint density at radius 2 is 1.35 bits per heavy atom. The summed E-state index contributed by atoms with van der Waals surface area (Å²) < 4.78 is 0. The molecule has 0 saturated carbocycles. The Balaban J connectivity index is 1.86. The summed E-state index contributed by atoms with van der Waals surface area (Å²) in [5.41, 5.74) is 2.58. The van der Waals surface area contributed by atoms with Crippen LogP contribution in [0.5, 0.6) is 0 Å². The van der Waals surface area contributed by atoms with E-state index in [0.29, 0.717) is 6.04 Å². The van der Waals surface area contributed by atoms with Gasteiger partial charge in [-0.05, 0) is 30.9 Å². The maximum atomic E-state index is 9.54. The Labute approximate surface area is 121 Å². The fourth-order valence-electron chi connectivity index (χ4n) is 2.50. The van der Waals surface area contributed by atoms with Gasteiger partial charge in [-0.25, -0.2) is 0 Å². The summed E-state index contributed by atoms with van der Waals surface area (Å²) in [5.74, 6) is 0. The van der Waals surface area contributed by atoms with E-state index in [9.17, 15) is 5.11 Å². The molecule has 0 aromatic heterocycles. The number of nitrogens with one attached hydrogen (secondary N) is 1. The van der Waals surface area contributed by atoms with Gasteiger partial charge in [0.15, 0.2) is 0 Å². The van der Waals surface area contributed by atoms with Crippen LogP contribution in [0.1, 0.15) is 18.1 Å². The van der Waals surface area contributed by atoms with E-state index in [1.165, 1.54) is 11.1 Å². The Morgan fingerprint density at radius 3 is 1.85 bits per heavy atom. The van der Waals surface area contributed by atoms with Crippen molar-refractivity contribution in [2.75, 3.05) is 6.61 Å². The average Bonchev–Trinajstić information content (AvgIpc) is 2.48. The smallest absolute Gasteiger partial charge is 0.0587 e. The molecule has 1 unspecified atom stereocenters. The number of rotatable bonds is 7. The van der Waals surface area contributed by atoms with Gasteiger partial charge in [0.2, 0.25) is 0 Å². The van der Waals surface area contributed by atoms with Crippen molar-refractivity contribution in [3.05, 3.63) is 71.8 Å². The molecule has 0 saturated heterocycles. The van der Waals surface area contributed by atoms with Crippen molar-refractivity contribution >= 4 is 0 Å². The first-order valence-corrected chi connectivity index (χ1v) is 7.22. The normalized spacial score (nSPS) is 13.9. The molecule has 0 spiro atoms. The summed E-state index contributed by atoms with van der Waals surface area (Å²) >= 11 is 0. The van der Waals surface area contributed by atoms with Crippen molar-refractivity contribution in [1.29, 1.82) is 0 Å². The van der Waals surface area contributed by atoms with Gasteiger partial charge in [-0.3, -0.25) is 0 Å². The van der Waals surface area contributed by atoms with Crippen molar-refractivity contribution < 1.29 is 5.11 Å². The van der Waals surface area contributed by atoms with E-state index < -0.39 is 0 Å². The maximum absolute atomic E-state index is 9.54. The van der Waals surface area contributed by atoms with Crippen molar-refractivity contribution in [3.63, 3.8) is 0 Å². The SMILES string of the molecule is CC(Cc1ccccc1)N[C@H](CO)Cc1ccccc1. The van der Waals surface area contributed by atoms with Crippen LogP contribution in [0.2, 0.25) is 0 Å². The Hall–Kier alpha value is -1.64. The first kappa shape index (κ1) is 14.8. The van der Waals surface area contributed by atoms with Gasteiger partial charge in [0, 0.05) is 12.1 Å². The van der Waals surface area contributed by atoms with E-state index in [4.69, 9.17) is 0 Å². The molecule has 0 aliphatic carbocycles. The molecule has 0 amide bonds. The predicted molar refractivity (Wildman–Crippen MR) is 83.8 cm³/mol. The second kappa shape index (κ2) is 7.83. The number of hydrogen-bond acceptors (Lipinski definition) is 2. The highest BCUT2D eigenvalue weighted by Crippen LogP contribution is 2.06. The third kappa shape index (κ3) is 4.80. The highest BCUT2D eigenvalue weighted by Gasteiger charge is 2.12. The van der Waals surface area contributed by atoms with Crippen molar-refractivity contribution in [3.8, 4) is 0 Å². The molecule has 2 N–H and O–H groups in total. The minimum Gasteiger partial charge on any atom is -0.395 e. The van der Waals surface area contributed by atoms with Crippen LogP contribution >= 0.6 is 0 Å². The lowest BCUT2D eigenvalue weighted by Gasteiger charge is -2.22. The first-order chi connectivity index (χ1) is 9.78. The number of aliphatic hydroxyl groups is 1. The molecule has 2 rings (SSSR count). The van der Waals surface area contributed by atoms with Gasteiger partial charge in [0.25, 0.3) is 0 Å². The van der Waals surface area contributed by atoms with Crippen LogP contribution < -0.4 is 5.32 Å². The zero-order chi connectivity index (χ0) is 14.2. The van der Waals surface area contributed by atoms with E-state index in [2.05, 4.69) is 48.6 Å². The monoisotopic (exact) mass is 269 g/mol. The molecule has 0 heterocycles. The van der Waals surface area contributed by atoms with Gasteiger partial charge < -0.3 is 10.4 Å². The topological polar surface area (TPSA) is 32.3 Å². The van der Waals surface area contributed by atoms with Crippen LogP contribution in [-0.2, 0) is 12.8 Å². The Morgan fingerprint density at radius 1 is 0.850 bits per heavy atom. The largest absolute Gasteiger partial charge is 0.395 e. The number of benzene rings is 2. The maximum Gasteiger partial charge on any atom is 0.0587 e. The lowest BCUT2D eigenvalue weighted by atomic mass is 10.0. The molecule has 2 aromatic carbocycles. The Kier molecular flexibility index (Phi) is 5.78. The molecule has 106 valence electrons. The van der Waals surface area contributed by atoms with E-state index in [0.717, 1.165) is 12.8 Å². The van der Waals surface area contributed by atoms with Gasteiger partial charge in [-0.2, -0.15) is 0 Å². The van der Waals surface area contributed by atoms with E-state index >= 15 is 0 Å². The molecule has 0 radical (unpaired) electrons.